The number of nitrogens with one attached hydrogen (secondary N) is 1. The molecule has 0 unspecified atom stereocenters. The number of amides is 1. The molecule has 0 atom stereocenters. The van der Waals surface area contributed by atoms with Gasteiger partial charge >= 0.3 is 0 Å². The van der Waals surface area contributed by atoms with Crippen LogP contribution in [0.25, 0.3) is 5.69 Å². The molecule has 1 aromatic heterocycles. The molecule has 3 rings (SSSR count). The van der Waals surface area contributed by atoms with Crippen molar-refractivity contribution in [2.45, 2.75) is 32.5 Å². The van der Waals surface area contributed by atoms with E-state index >= 15 is 0 Å². The van der Waals surface area contributed by atoms with E-state index in [0.717, 1.165) is 24.3 Å². The molecule has 0 radical (unpaired) electrons. The Labute approximate surface area is 175 Å². The number of hydrogen-bond acceptors (Lipinski definition) is 6. The quantitative estimate of drug-likeness (QED) is 0.546. The minimum atomic E-state index is -0.0527. The van der Waals surface area contributed by atoms with Gasteiger partial charge in [0.2, 0.25) is 11.1 Å². The molecule has 7 nitrogen and oxygen atoms in total. The monoisotopic (exact) mass is 410 g/mol. The van der Waals surface area contributed by atoms with Crippen LogP contribution >= 0.6 is 11.8 Å². The van der Waals surface area contributed by atoms with E-state index < -0.39 is 0 Å². The number of aryl methyl sites for hydroxylation is 1. The van der Waals surface area contributed by atoms with Gasteiger partial charge in [0, 0.05) is 25.3 Å². The van der Waals surface area contributed by atoms with Crippen LogP contribution in [0.5, 0.6) is 0 Å². The first kappa shape index (κ1) is 20.9. The van der Waals surface area contributed by atoms with Crippen LogP contribution in [-0.2, 0) is 11.3 Å². The first-order valence-electron chi connectivity index (χ1n) is 9.70. The number of tetrazole rings is 1. The van der Waals surface area contributed by atoms with Crippen LogP contribution in [0.1, 0.15) is 25.0 Å². The minimum absolute atomic E-state index is 0.0527. The number of rotatable bonds is 9. The summed E-state index contributed by atoms with van der Waals surface area (Å²) in [5.41, 5.74) is 4.42. The van der Waals surface area contributed by atoms with Crippen molar-refractivity contribution in [1.82, 2.24) is 25.5 Å². The van der Waals surface area contributed by atoms with Crippen LogP contribution < -0.4 is 10.2 Å². The number of thioether (sulfide) groups is 1. The summed E-state index contributed by atoms with van der Waals surface area (Å²) in [5.74, 6) is 0.201. The molecule has 0 fully saturated rings. The highest BCUT2D eigenvalue weighted by Gasteiger charge is 2.12. The fourth-order valence-corrected chi connectivity index (χ4v) is 3.85. The summed E-state index contributed by atoms with van der Waals surface area (Å²) in [6, 6.07) is 16.0. The molecular formula is C21H26N6OS. The molecule has 1 N–H and O–H groups in total. The molecule has 29 heavy (non-hydrogen) atoms. The van der Waals surface area contributed by atoms with Gasteiger partial charge in [0.05, 0.1) is 11.4 Å². The van der Waals surface area contributed by atoms with Crippen LogP contribution in [0.4, 0.5) is 5.69 Å². The fraction of sp³-hybridized carbons (Fsp3) is 0.333. The van der Waals surface area contributed by atoms with E-state index in [1.165, 1.54) is 23.0 Å². The summed E-state index contributed by atoms with van der Waals surface area (Å²) in [4.78, 5) is 14.6. The number of carbonyl (C=O) groups is 1. The van der Waals surface area contributed by atoms with Crippen molar-refractivity contribution in [2.24, 2.45) is 0 Å². The Morgan fingerprint density at radius 1 is 1.14 bits per heavy atom. The Morgan fingerprint density at radius 3 is 2.59 bits per heavy atom. The summed E-state index contributed by atoms with van der Waals surface area (Å²) in [7, 11) is 0. The van der Waals surface area contributed by atoms with E-state index in [9.17, 15) is 4.79 Å². The van der Waals surface area contributed by atoms with Crippen molar-refractivity contribution >= 4 is 23.4 Å². The van der Waals surface area contributed by atoms with E-state index in [-0.39, 0.29) is 11.7 Å². The minimum Gasteiger partial charge on any atom is -0.372 e. The van der Waals surface area contributed by atoms with Crippen LogP contribution in [-0.4, -0.2) is 45.0 Å². The number of aromatic nitrogens is 4. The highest BCUT2D eigenvalue weighted by molar-refractivity contribution is 7.99. The second-order valence-corrected chi connectivity index (χ2v) is 7.51. The number of benzene rings is 2. The van der Waals surface area contributed by atoms with Gasteiger partial charge in [-0.15, -0.1) is 5.10 Å². The average molecular weight is 411 g/mol. The Bertz CT molecular complexity index is 939. The number of hydrogen-bond donors (Lipinski definition) is 1. The molecule has 1 heterocycles. The predicted octanol–water partition coefficient (Wildman–Crippen LogP) is 3.23. The van der Waals surface area contributed by atoms with Crippen molar-refractivity contribution in [2.75, 3.05) is 23.7 Å². The lowest BCUT2D eigenvalue weighted by molar-refractivity contribution is -0.118. The van der Waals surface area contributed by atoms with Crippen molar-refractivity contribution in [3.8, 4) is 5.69 Å². The lowest BCUT2D eigenvalue weighted by Crippen LogP contribution is -2.25. The van der Waals surface area contributed by atoms with Gasteiger partial charge in [-0.25, -0.2) is 0 Å². The molecule has 0 saturated carbocycles. The topological polar surface area (TPSA) is 75.9 Å². The average Bonchev–Trinajstić information content (AvgIpc) is 3.22. The van der Waals surface area contributed by atoms with Gasteiger partial charge in [0.15, 0.2) is 0 Å². The number of carbonyl (C=O) groups excluding carboxylic acids is 1. The fourth-order valence-electron chi connectivity index (χ4n) is 3.13. The first-order valence-corrected chi connectivity index (χ1v) is 10.7. The van der Waals surface area contributed by atoms with Crippen molar-refractivity contribution in [3.05, 3.63) is 59.7 Å². The number of para-hydroxylation sites is 1. The Kier molecular flexibility index (Phi) is 7.24. The van der Waals surface area contributed by atoms with Crippen LogP contribution in [0.3, 0.4) is 0 Å². The van der Waals surface area contributed by atoms with Crippen LogP contribution in [0.15, 0.2) is 53.7 Å². The molecule has 8 heteroatoms. The van der Waals surface area contributed by atoms with Gasteiger partial charge in [0.25, 0.3) is 0 Å². The summed E-state index contributed by atoms with van der Waals surface area (Å²) < 4.78 is 1.63. The zero-order valence-electron chi connectivity index (χ0n) is 17.0. The van der Waals surface area contributed by atoms with Gasteiger partial charge in [-0.2, -0.15) is 4.68 Å². The van der Waals surface area contributed by atoms with Crippen LogP contribution in [0.2, 0.25) is 0 Å². The first-order chi connectivity index (χ1) is 14.1. The highest BCUT2D eigenvalue weighted by atomic mass is 32.2. The molecule has 0 bridgehead atoms. The van der Waals surface area contributed by atoms with Gasteiger partial charge in [-0.1, -0.05) is 42.1 Å². The van der Waals surface area contributed by atoms with E-state index in [4.69, 9.17) is 0 Å². The second kappa shape index (κ2) is 10.1. The summed E-state index contributed by atoms with van der Waals surface area (Å²) in [6.07, 6.45) is 0. The van der Waals surface area contributed by atoms with Gasteiger partial charge < -0.3 is 10.2 Å². The smallest absolute Gasteiger partial charge is 0.230 e. The molecule has 0 aliphatic heterocycles. The highest BCUT2D eigenvalue weighted by Crippen LogP contribution is 2.21. The standard InChI is InChI=1S/C21H26N6OS/c1-4-26(5-2)19-12-11-17(13-16(19)3)14-22-20(28)15-29-21-23-24-25-27(21)18-9-7-6-8-10-18/h6-13H,4-5,14-15H2,1-3H3,(H,22,28). The lowest BCUT2D eigenvalue weighted by Gasteiger charge is -2.23. The van der Waals surface area contributed by atoms with Gasteiger partial charge in [-0.05, 0) is 60.5 Å². The Balaban J connectivity index is 1.54. The van der Waals surface area contributed by atoms with Crippen molar-refractivity contribution in [3.63, 3.8) is 0 Å². The molecular weight excluding hydrogens is 384 g/mol. The van der Waals surface area contributed by atoms with Crippen molar-refractivity contribution < 1.29 is 4.79 Å². The second-order valence-electron chi connectivity index (χ2n) is 6.57. The molecule has 0 saturated heterocycles. The van der Waals surface area contributed by atoms with Crippen LogP contribution in [0, 0.1) is 6.92 Å². The molecule has 1 amide bonds. The normalized spacial score (nSPS) is 10.7. The lowest BCUT2D eigenvalue weighted by atomic mass is 10.1. The molecule has 3 aromatic rings. The van der Waals surface area contributed by atoms with Crippen molar-refractivity contribution in [1.29, 1.82) is 0 Å². The predicted molar refractivity (Wildman–Crippen MR) is 116 cm³/mol. The van der Waals surface area contributed by atoms with E-state index in [2.05, 4.69) is 64.7 Å². The molecule has 152 valence electrons. The van der Waals surface area contributed by atoms with E-state index in [0.29, 0.717) is 11.7 Å². The third kappa shape index (κ3) is 5.35. The SMILES string of the molecule is CCN(CC)c1ccc(CNC(=O)CSc2nnnn2-c2ccccc2)cc1C. The zero-order chi connectivity index (χ0) is 20.6. The third-order valence-corrected chi connectivity index (χ3v) is 5.55. The van der Waals surface area contributed by atoms with Gasteiger partial charge in [0.1, 0.15) is 0 Å². The van der Waals surface area contributed by atoms with E-state index in [1.54, 1.807) is 4.68 Å². The number of nitrogens with zero attached hydrogens (tertiary/aromatic N) is 5. The number of anilines is 1. The maximum atomic E-state index is 12.3. The molecule has 0 aliphatic rings. The maximum Gasteiger partial charge on any atom is 0.230 e. The summed E-state index contributed by atoms with van der Waals surface area (Å²) in [5, 5.41) is 15.3. The summed E-state index contributed by atoms with van der Waals surface area (Å²) >= 11 is 1.32. The Morgan fingerprint density at radius 2 is 1.90 bits per heavy atom. The van der Waals surface area contributed by atoms with Gasteiger partial charge in [-0.3, -0.25) is 4.79 Å². The van der Waals surface area contributed by atoms with E-state index in [1.807, 2.05) is 30.3 Å². The molecule has 2 aromatic carbocycles. The summed E-state index contributed by atoms with van der Waals surface area (Å²) in [6.45, 7) is 8.88. The molecule has 0 spiro atoms. The molecule has 0 aliphatic carbocycles. The maximum absolute atomic E-state index is 12.3. The largest absolute Gasteiger partial charge is 0.372 e. The zero-order valence-corrected chi connectivity index (χ0v) is 17.8. The Hall–Kier alpha value is -2.87. The third-order valence-electron chi connectivity index (χ3n) is 4.63.